The molecule has 0 saturated heterocycles. The molecule has 0 fully saturated rings. The summed E-state index contributed by atoms with van der Waals surface area (Å²) < 4.78 is 51.0. The Morgan fingerprint density at radius 1 is 1.12 bits per heavy atom. The number of nitrogens with zero attached hydrogens (tertiary/aromatic N) is 1. The van der Waals surface area contributed by atoms with E-state index in [1.54, 1.807) is 23.3 Å². The van der Waals surface area contributed by atoms with Gasteiger partial charge in [0.25, 0.3) is 0 Å². The van der Waals surface area contributed by atoms with E-state index in [2.05, 4.69) is 5.59 Å². The summed E-state index contributed by atoms with van der Waals surface area (Å²) in [5.74, 6) is -3.74. The van der Waals surface area contributed by atoms with Gasteiger partial charge < -0.3 is 4.84 Å². The van der Waals surface area contributed by atoms with Gasteiger partial charge in [0.2, 0.25) is 0 Å². The van der Waals surface area contributed by atoms with Crippen LogP contribution in [0.2, 0.25) is 0 Å². The lowest BCUT2D eigenvalue weighted by Gasteiger charge is -2.14. The third-order valence-corrected chi connectivity index (χ3v) is 5.09. The molecule has 0 radical (unpaired) electrons. The molecule has 2 aromatic rings. The zero-order valence-electron chi connectivity index (χ0n) is 12.6. The number of benzene rings is 2. The lowest BCUT2D eigenvalue weighted by molar-refractivity contribution is 0.102. The normalized spacial score (nSPS) is 13.8. The van der Waals surface area contributed by atoms with E-state index >= 15 is 0 Å². The number of carbonyl (C=O) groups is 1. The largest absolute Gasteiger partial charge is 0.395 e. The summed E-state index contributed by atoms with van der Waals surface area (Å²) in [5.41, 5.74) is 3.38. The molecule has 0 spiro atoms. The van der Waals surface area contributed by atoms with E-state index in [-0.39, 0.29) is 5.56 Å². The molecule has 0 aromatic heterocycles. The third kappa shape index (κ3) is 3.67. The maximum atomic E-state index is 13.7. The van der Waals surface area contributed by atoms with Crippen molar-refractivity contribution in [3.05, 3.63) is 72.1 Å². The first-order chi connectivity index (χ1) is 11.9. The fraction of sp³-hybridized carbons (Fsp3) is 0.0625. The zero-order chi connectivity index (χ0) is 18.0. The number of ketones is 1. The van der Waals surface area contributed by atoms with Crippen LogP contribution in [-0.4, -0.2) is 20.0 Å². The molecule has 1 heterocycles. The van der Waals surface area contributed by atoms with Gasteiger partial charge in [0, 0.05) is 11.6 Å². The molecule has 0 saturated carbocycles. The van der Waals surface area contributed by atoms with E-state index in [0.29, 0.717) is 11.8 Å². The Bertz CT molecular complexity index is 943. The number of rotatable bonds is 5. The molecule has 0 atom stereocenters. The Kier molecular flexibility index (Phi) is 4.51. The first-order valence-electron chi connectivity index (χ1n) is 7.05. The number of sulfone groups is 1. The summed E-state index contributed by atoms with van der Waals surface area (Å²) in [4.78, 5) is 16.3. The summed E-state index contributed by atoms with van der Waals surface area (Å²) in [6.07, 6.45) is 3.03. The van der Waals surface area contributed by atoms with E-state index in [1.165, 1.54) is 18.4 Å². The molecule has 130 valence electrons. The molecular weight excluding hydrogens is 354 g/mol. The minimum Gasteiger partial charge on any atom is -0.395 e. The molecule has 9 heteroatoms. The average molecular weight is 366 g/mol. The van der Waals surface area contributed by atoms with Crippen LogP contribution in [0.5, 0.6) is 0 Å². The first kappa shape index (κ1) is 17.1. The van der Waals surface area contributed by atoms with Crippen LogP contribution in [0.25, 0.3) is 0 Å². The summed E-state index contributed by atoms with van der Waals surface area (Å²) in [6, 6.07) is 8.17. The predicted octanol–water partition coefficient (Wildman–Crippen LogP) is 2.35. The maximum absolute atomic E-state index is 13.7. The van der Waals surface area contributed by atoms with Gasteiger partial charge in [-0.2, -0.15) is 0 Å². The average Bonchev–Trinajstić information content (AvgIpc) is 3.08. The van der Waals surface area contributed by atoms with Gasteiger partial charge in [-0.15, -0.1) is 0 Å². The fourth-order valence-corrected chi connectivity index (χ4v) is 3.52. The van der Waals surface area contributed by atoms with Crippen molar-refractivity contribution in [3.8, 4) is 0 Å². The lowest BCUT2D eigenvalue weighted by Crippen LogP contribution is -2.26. The number of hydrogen-bond acceptors (Lipinski definition) is 6. The number of anilines is 1. The first-order valence-corrected chi connectivity index (χ1v) is 8.70. The highest BCUT2D eigenvalue weighted by Gasteiger charge is 2.24. The van der Waals surface area contributed by atoms with Crippen LogP contribution in [0.4, 0.5) is 14.5 Å². The van der Waals surface area contributed by atoms with Crippen LogP contribution in [0.15, 0.2) is 59.8 Å². The Balaban J connectivity index is 1.78. The molecule has 25 heavy (non-hydrogen) atoms. The monoisotopic (exact) mass is 366 g/mol. The van der Waals surface area contributed by atoms with Gasteiger partial charge in [-0.3, -0.25) is 4.79 Å². The molecular formula is C16H12F2N2O4S. The highest BCUT2D eigenvalue weighted by atomic mass is 32.2. The molecule has 0 bridgehead atoms. The van der Waals surface area contributed by atoms with Crippen molar-refractivity contribution in [1.29, 1.82) is 0 Å². The number of hydrogen-bond donors (Lipinski definition) is 1. The lowest BCUT2D eigenvalue weighted by atomic mass is 10.1. The Morgan fingerprint density at radius 3 is 2.44 bits per heavy atom. The number of halogens is 2. The van der Waals surface area contributed by atoms with Crippen LogP contribution in [0.3, 0.4) is 0 Å². The Morgan fingerprint density at radius 2 is 1.84 bits per heavy atom. The molecule has 3 rings (SSSR count). The van der Waals surface area contributed by atoms with Crippen molar-refractivity contribution in [2.24, 2.45) is 0 Å². The SMILES string of the molecule is O=C(CS(=O)(=O)c1ccc(F)cc1F)c1ccc(N2C=CON2)cc1. The van der Waals surface area contributed by atoms with Crippen molar-refractivity contribution in [1.82, 2.24) is 5.59 Å². The van der Waals surface area contributed by atoms with Crippen molar-refractivity contribution in [2.45, 2.75) is 4.90 Å². The number of carbonyl (C=O) groups excluding carboxylic acids is 1. The smallest absolute Gasteiger partial charge is 0.188 e. The number of nitrogens with one attached hydrogen (secondary N) is 1. The molecule has 6 nitrogen and oxygen atoms in total. The summed E-state index contributed by atoms with van der Waals surface area (Å²) >= 11 is 0. The molecule has 1 aliphatic rings. The van der Waals surface area contributed by atoms with E-state index in [4.69, 9.17) is 4.84 Å². The zero-order valence-corrected chi connectivity index (χ0v) is 13.5. The van der Waals surface area contributed by atoms with Crippen LogP contribution in [0, 0.1) is 11.6 Å². The Hall–Kier alpha value is -2.78. The highest BCUT2D eigenvalue weighted by molar-refractivity contribution is 7.92. The summed E-state index contributed by atoms with van der Waals surface area (Å²) in [7, 11) is -4.23. The third-order valence-electron chi connectivity index (χ3n) is 3.45. The standard InChI is InChI=1S/C16H12F2N2O4S/c17-12-3-6-16(14(18)9-12)25(22,23)10-15(21)11-1-4-13(5-2-11)20-7-8-24-19-20/h1-9,19H,10H2. The number of Topliss-reactive ketones (excluding diaryl/α,β-unsaturated/α-hetero) is 1. The van der Waals surface area contributed by atoms with Gasteiger partial charge >= 0.3 is 0 Å². The van der Waals surface area contributed by atoms with Crippen LogP contribution in [-0.2, 0) is 14.7 Å². The van der Waals surface area contributed by atoms with Crippen LogP contribution < -0.4 is 10.6 Å². The minimum atomic E-state index is -4.23. The highest BCUT2D eigenvalue weighted by Crippen LogP contribution is 2.20. The summed E-state index contributed by atoms with van der Waals surface area (Å²) in [6.45, 7) is 0. The van der Waals surface area contributed by atoms with E-state index in [1.807, 2.05) is 0 Å². The van der Waals surface area contributed by atoms with Gasteiger partial charge in [-0.25, -0.2) is 22.2 Å². The number of hydrazine groups is 1. The predicted molar refractivity (Wildman–Crippen MR) is 85.0 cm³/mol. The molecule has 0 amide bonds. The van der Waals surface area contributed by atoms with Gasteiger partial charge in [0.05, 0.1) is 11.9 Å². The van der Waals surface area contributed by atoms with Crippen molar-refractivity contribution < 1.29 is 26.8 Å². The van der Waals surface area contributed by atoms with Crippen molar-refractivity contribution in [3.63, 3.8) is 0 Å². The van der Waals surface area contributed by atoms with E-state index < -0.39 is 37.9 Å². The van der Waals surface area contributed by atoms with Gasteiger partial charge in [-0.1, -0.05) is 5.59 Å². The molecule has 1 N–H and O–H groups in total. The van der Waals surface area contributed by atoms with Gasteiger partial charge in [0.1, 0.15) is 28.5 Å². The van der Waals surface area contributed by atoms with Gasteiger partial charge in [-0.05, 0) is 36.4 Å². The van der Waals surface area contributed by atoms with E-state index in [0.717, 1.165) is 12.1 Å². The molecule has 0 unspecified atom stereocenters. The summed E-state index contributed by atoms with van der Waals surface area (Å²) in [5, 5.41) is 1.54. The molecule has 2 aromatic carbocycles. The van der Waals surface area contributed by atoms with Crippen LogP contribution in [0.1, 0.15) is 10.4 Å². The van der Waals surface area contributed by atoms with E-state index in [9.17, 15) is 22.0 Å². The second kappa shape index (κ2) is 6.61. The fourth-order valence-electron chi connectivity index (χ4n) is 2.22. The second-order valence-corrected chi connectivity index (χ2v) is 7.13. The second-order valence-electron chi connectivity index (χ2n) is 5.17. The van der Waals surface area contributed by atoms with Gasteiger partial charge in [0.15, 0.2) is 15.6 Å². The topological polar surface area (TPSA) is 75.7 Å². The quantitative estimate of drug-likeness (QED) is 0.647. The maximum Gasteiger partial charge on any atom is 0.188 e. The van der Waals surface area contributed by atoms with Crippen LogP contribution >= 0.6 is 0 Å². The Labute approximate surface area is 142 Å². The minimum absolute atomic E-state index is 0.152. The van der Waals surface area contributed by atoms with Crippen molar-refractivity contribution >= 4 is 21.3 Å². The van der Waals surface area contributed by atoms with Crippen molar-refractivity contribution in [2.75, 3.05) is 10.8 Å². The molecule has 1 aliphatic heterocycles. The molecule has 0 aliphatic carbocycles.